The zero-order chi connectivity index (χ0) is 17.8. The number of hydrogen-bond acceptors (Lipinski definition) is 5. The van der Waals surface area contributed by atoms with E-state index in [0.29, 0.717) is 43.6 Å². The fraction of sp³-hybridized carbons (Fsp3) is 0.118. The molecule has 4 nitrogen and oxygen atoms in total. The first-order chi connectivity index (χ1) is 12.0. The molecule has 25 heavy (non-hydrogen) atoms. The van der Waals surface area contributed by atoms with Gasteiger partial charge in [0.25, 0.3) is 11.7 Å². The molecule has 3 aromatic rings. The number of nitrogens with zero attached hydrogens (tertiary/aromatic N) is 2. The molecule has 128 valence electrons. The van der Waals surface area contributed by atoms with E-state index in [1.54, 1.807) is 43.5 Å². The van der Waals surface area contributed by atoms with E-state index in [9.17, 15) is 13.6 Å². The van der Waals surface area contributed by atoms with E-state index < -0.39 is 5.76 Å². The van der Waals surface area contributed by atoms with E-state index in [2.05, 4.69) is 15.3 Å². The highest BCUT2D eigenvalue weighted by atomic mass is 32.2. The molecular formula is C17H13F2N3OS2. The molecule has 2 aromatic heterocycles. The number of halogens is 2. The van der Waals surface area contributed by atoms with Gasteiger partial charge in [0.05, 0.1) is 17.1 Å². The van der Waals surface area contributed by atoms with Gasteiger partial charge in [0.1, 0.15) is 9.88 Å². The molecule has 1 N–H and O–H groups in total. The largest absolute Gasteiger partial charge is 0.320 e. The standard InChI is InChI=1S/C17H13F2N3OS2/c1-10-14(25-16(21-10)12-7-4-5-9-20-12)15(23)22-11-6-2-3-8-13(11)24-17(18)19/h2-9,17H,1H3,(H,22,23). The van der Waals surface area contributed by atoms with Crippen LogP contribution in [0.5, 0.6) is 0 Å². The maximum absolute atomic E-state index is 12.7. The van der Waals surface area contributed by atoms with Crippen molar-refractivity contribution in [2.45, 2.75) is 17.6 Å². The van der Waals surface area contributed by atoms with Crippen molar-refractivity contribution in [2.24, 2.45) is 0 Å². The van der Waals surface area contributed by atoms with Crippen LogP contribution in [0, 0.1) is 6.92 Å². The predicted octanol–water partition coefficient (Wildman–Crippen LogP) is 5.08. The van der Waals surface area contributed by atoms with Crippen molar-refractivity contribution >= 4 is 34.7 Å². The predicted molar refractivity (Wildman–Crippen MR) is 96.3 cm³/mol. The summed E-state index contributed by atoms with van der Waals surface area (Å²) in [6.07, 6.45) is 1.66. The molecule has 0 unspecified atom stereocenters. The fourth-order valence-corrected chi connectivity index (χ4v) is 3.69. The average Bonchev–Trinajstić information content (AvgIpc) is 2.99. The third kappa shape index (κ3) is 4.21. The lowest BCUT2D eigenvalue weighted by molar-refractivity contribution is 0.102. The van der Waals surface area contributed by atoms with Gasteiger partial charge >= 0.3 is 0 Å². The van der Waals surface area contributed by atoms with Crippen molar-refractivity contribution in [3.05, 3.63) is 59.2 Å². The molecule has 0 spiro atoms. The SMILES string of the molecule is Cc1nc(-c2ccccn2)sc1C(=O)Nc1ccccc1SC(F)F. The summed E-state index contributed by atoms with van der Waals surface area (Å²) in [5, 5.41) is 3.33. The number of aromatic nitrogens is 2. The molecule has 0 aliphatic heterocycles. The second kappa shape index (κ2) is 7.71. The molecular weight excluding hydrogens is 364 g/mol. The molecule has 0 saturated carbocycles. The number of aryl methyl sites for hydroxylation is 1. The maximum Gasteiger partial charge on any atom is 0.288 e. The second-order valence-corrected chi connectivity index (χ2v) is 7.01. The van der Waals surface area contributed by atoms with Crippen LogP contribution in [0.3, 0.4) is 0 Å². The molecule has 2 heterocycles. The Hall–Kier alpha value is -2.32. The van der Waals surface area contributed by atoms with Gasteiger partial charge in [0.15, 0.2) is 0 Å². The summed E-state index contributed by atoms with van der Waals surface area (Å²) in [6, 6.07) is 11.9. The van der Waals surface area contributed by atoms with E-state index in [4.69, 9.17) is 0 Å². The van der Waals surface area contributed by atoms with Crippen LogP contribution in [0.2, 0.25) is 0 Å². The first-order valence-electron chi connectivity index (χ1n) is 7.28. The molecule has 0 bridgehead atoms. The number of hydrogen-bond donors (Lipinski definition) is 1. The Labute approximate surface area is 151 Å². The lowest BCUT2D eigenvalue weighted by atomic mass is 10.3. The van der Waals surface area contributed by atoms with Crippen molar-refractivity contribution < 1.29 is 13.6 Å². The lowest BCUT2D eigenvalue weighted by Gasteiger charge is -2.09. The number of rotatable bonds is 5. The van der Waals surface area contributed by atoms with Crippen molar-refractivity contribution in [3.63, 3.8) is 0 Å². The Morgan fingerprint density at radius 1 is 1.20 bits per heavy atom. The Balaban J connectivity index is 1.84. The summed E-state index contributed by atoms with van der Waals surface area (Å²) < 4.78 is 25.3. The summed E-state index contributed by atoms with van der Waals surface area (Å²) in [6.45, 7) is 1.73. The Kier molecular flexibility index (Phi) is 5.40. The van der Waals surface area contributed by atoms with Crippen LogP contribution in [0.25, 0.3) is 10.7 Å². The van der Waals surface area contributed by atoms with Gasteiger partial charge in [0.2, 0.25) is 0 Å². The summed E-state index contributed by atoms with van der Waals surface area (Å²) in [5.41, 5.74) is 1.61. The molecule has 3 rings (SSSR count). The highest BCUT2D eigenvalue weighted by Gasteiger charge is 2.18. The van der Waals surface area contributed by atoms with Crippen LogP contribution >= 0.6 is 23.1 Å². The summed E-state index contributed by atoms with van der Waals surface area (Å²) in [4.78, 5) is 21.9. The lowest BCUT2D eigenvalue weighted by Crippen LogP contribution is -2.12. The van der Waals surface area contributed by atoms with Crippen molar-refractivity contribution in [1.29, 1.82) is 0 Å². The second-order valence-electron chi connectivity index (χ2n) is 4.98. The van der Waals surface area contributed by atoms with Gasteiger partial charge < -0.3 is 5.32 Å². The molecule has 0 aliphatic rings. The average molecular weight is 377 g/mol. The normalized spacial score (nSPS) is 10.9. The Morgan fingerprint density at radius 3 is 2.68 bits per heavy atom. The molecule has 0 radical (unpaired) electrons. The van der Waals surface area contributed by atoms with Gasteiger partial charge in [-0.15, -0.1) is 11.3 Å². The van der Waals surface area contributed by atoms with E-state index in [-0.39, 0.29) is 5.91 Å². The van der Waals surface area contributed by atoms with Gasteiger partial charge in [0, 0.05) is 11.1 Å². The van der Waals surface area contributed by atoms with Crippen LogP contribution in [0.4, 0.5) is 14.5 Å². The summed E-state index contributed by atoms with van der Waals surface area (Å²) in [5.74, 6) is -2.93. The smallest absolute Gasteiger partial charge is 0.288 e. The number of benzene rings is 1. The van der Waals surface area contributed by atoms with Crippen LogP contribution < -0.4 is 5.32 Å². The first kappa shape index (κ1) is 17.5. The third-order valence-corrected chi connectivity index (χ3v) is 5.20. The Morgan fingerprint density at radius 2 is 1.96 bits per heavy atom. The van der Waals surface area contributed by atoms with Crippen molar-refractivity contribution in [2.75, 3.05) is 5.32 Å². The topological polar surface area (TPSA) is 54.9 Å². The molecule has 0 aliphatic carbocycles. The van der Waals surface area contributed by atoms with Gasteiger partial charge in [-0.25, -0.2) is 4.98 Å². The highest BCUT2D eigenvalue weighted by molar-refractivity contribution is 7.99. The van der Waals surface area contributed by atoms with E-state index >= 15 is 0 Å². The fourth-order valence-electron chi connectivity index (χ4n) is 2.15. The molecule has 8 heteroatoms. The third-order valence-electron chi connectivity index (χ3n) is 3.24. The van der Waals surface area contributed by atoms with Gasteiger partial charge in [-0.1, -0.05) is 30.0 Å². The van der Waals surface area contributed by atoms with E-state index in [0.717, 1.165) is 0 Å². The minimum absolute atomic E-state index is 0.318. The number of nitrogens with one attached hydrogen (secondary N) is 1. The first-order valence-corrected chi connectivity index (χ1v) is 8.98. The zero-order valence-electron chi connectivity index (χ0n) is 13.1. The van der Waals surface area contributed by atoms with Crippen LogP contribution in [0.1, 0.15) is 15.4 Å². The summed E-state index contributed by atoms with van der Waals surface area (Å²) in [7, 11) is 0. The molecule has 1 aromatic carbocycles. The number of carbonyl (C=O) groups excluding carboxylic acids is 1. The van der Waals surface area contributed by atoms with Gasteiger partial charge in [-0.05, 0) is 31.2 Å². The number of anilines is 1. The number of thiazole rings is 1. The summed E-state index contributed by atoms with van der Waals surface area (Å²) >= 11 is 1.62. The number of pyridine rings is 1. The maximum atomic E-state index is 12.7. The number of para-hydroxylation sites is 1. The molecule has 0 fully saturated rings. The zero-order valence-corrected chi connectivity index (χ0v) is 14.7. The molecule has 0 atom stereocenters. The minimum Gasteiger partial charge on any atom is -0.320 e. The Bertz CT molecular complexity index is 885. The quantitative estimate of drug-likeness (QED) is 0.630. The number of amides is 1. The van der Waals surface area contributed by atoms with E-state index in [1.165, 1.54) is 11.3 Å². The number of alkyl halides is 2. The van der Waals surface area contributed by atoms with Crippen molar-refractivity contribution in [1.82, 2.24) is 9.97 Å². The van der Waals surface area contributed by atoms with E-state index in [1.807, 2.05) is 12.1 Å². The van der Waals surface area contributed by atoms with Crippen molar-refractivity contribution in [3.8, 4) is 10.7 Å². The van der Waals surface area contributed by atoms with Gasteiger partial charge in [-0.3, -0.25) is 9.78 Å². The van der Waals surface area contributed by atoms with Crippen LogP contribution in [-0.4, -0.2) is 21.6 Å². The number of carbonyl (C=O) groups is 1. The highest BCUT2D eigenvalue weighted by Crippen LogP contribution is 2.33. The minimum atomic E-state index is -2.56. The number of thioether (sulfide) groups is 1. The van der Waals surface area contributed by atoms with Crippen LogP contribution in [0.15, 0.2) is 53.6 Å². The monoisotopic (exact) mass is 377 g/mol. The van der Waals surface area contributed by atoms with Gasteiger partial charge in [-0.2, -0.15) is 8.78 Å². The molecule has 1 amide bonds. The van der Waals surface area contributed by atoms with Crippen LogP contribution in [-0.2, 0) is 0 Å². The molecule has 0 saturated heterocycles.